The Morgan fingerprint density at radius 1 is 0.731 bits per heavy atom. The summed E-state index contributed by atoms with van der Waals surface area (Å²) in [5.74, 6) is 1.86. The van der Waals surface area contributed by atoms with Gasteiger partial charge in [-0.1, -0.05) is 49.7 Å². The lowest BCUT2D eigenvalue weighted by Crippen LogP contribution is -2.68. The quantitative estimate of drug-likeness (QED) is 0.636. The summed E-state index contributed by atoms with van der Waals surface area (Å²) in [6, 6.07) is 24.9. The number of hydrogen-bond donors (Lipinski definition) is 0. The van der Waals surface area contributed by atoms with Crippen molar-refractivity contribution in [1.29, 1.82) is 0 Å². The van der Waals surface area contributed by atoms with Crippen molar-refractivity contribution in [3.8, 4) is 22.6 Å². The molecule has 0 radical (unpaired) electrons. The Bertz CT molecular complexity index is 738. The van der Waals surface area contributed by atoms with Crippen LogP contribution in [0.1, 0.15) is 18.9 Å². The predicted octanol–water partition coefficient (Wildman–Crippen LogP) is 1.09. The minimum atomic E-state index is -4.94. The van der Waals surface area contributed by atoms with Crippen LogP contribution in [0.5, 0.6) is 0 Å². The van der Waals surface area contributed by atoms with Gasteiger partial charge < -0.3 is 0 Å². The fourth-order valence-electron chi connectivity index (χ4n) is 2.48. The van der Waals surface area contributed by atoms with E-state index in [4.69, 9.17) is 23.1 Å². The molecular weight excluding hydrogens is 356 g/mol. The molecular formula is C20H19ClO5. The minimum absolute atomic E-state index is 0.931. The molecule has 2 aromatic carbocycles. The Balaban J connectivity index is 0.000000431. The van der Waals surface area contributed by atoms with Crippen LogP contribution in [0, 0.1) is 10.2 Å². The highest BCUT2D eigenvalue weighted by Gasteiger charge is 2.19. The van der Waals surface area contributed by atoms with E-state index in [0.717, 1.165) is 35.5 Å². The lowest BCUT2D eigenvalue weighted by atomic mass is 10.0. The molecule has 3 aromatic rings. The molecule has 1 aromatic heterocycles. The van der Waals surface area contributed by atoms with E-state index in [2.05, 4.69) is 43.3 Å². The average Bonchev–Trinajstić information content (AvgIpc) is 2.62. The standard InChI is InChI=1S/C20H19O.ClHO4/c1-2-9-16-14-19(17-10-5-3-6-11-17)21-20(15-16)18-12-7-4-8-13-18;2-1(3,4)5/h3-8,10-15H,2,9H2,1H3;(H,2,3,4,5)/q+1;/p-1. The van der Waals surface area contributed by atoms with Crippen LogP contribution < -0.4 is 18.6 Å². The van der Waals surface area contributed by atoms with Crippen molar-refractivity contribution in [2.24, 2.45) is 0 Å². The number of benzene rings is 2. The Hall–Kier alpha value is -2.28. The summed E-state index contributed by atoms with van der Waals surface area (Å²) in [5.41, 5.74) is 3.56. The Kier molecular flexibility index (Phi) is 7.26. The van der Waals surface area contributed by atoms with Crippen molar-refractivity contribution < 1.29 is 33.3 Å². The summed E-state index contributed by atoms with van der Waals surface area (Å²) in [4.78, 5) is 0. The molecule has 1 heterocycles. The molecule has 5 nitrogen and oxygen atoms in total. The Morgan fingerprint density at radius 2 is 1.12 bits per heavy atom. The lowest BCUT2D eigenvalue weighted by Gasteiger charge is -2.17. The van der Waals surface area contributed by atoms with Crippen LogP contribution >= 0.6 is 0 Å². The van der Waals surface area contributed by atoms with E-state index in [1.165, 1.54) is 5.56 Å². The number of rotatable bonds is 4. The molecule has 0 spiro atoms. The van der Waals surface area contributed by atoms with Gasteiger partial charge in [0.25, 0.3) is 0 Å². The summed E-state index contributed by atoms with van der Waals surface area (Å²) >= 11 is 0. The van der Waals surface area contributed by atoms with Gasteiger partial charge in [0.05, 0.1) is 11.1 Å². The predicted molar refractivity (Wildman–Crippen MR) is 88.0 cm³/mol. The lowest BCUT2D eigenvalue weighted by molar-refractivity contribution is -2.00. The van der Waals surface area contributed by atoms with Gasteiger partial charge in [-0.2, -0.15) is 0 Å². The van der Waals surface area contributed by atoms with Gasteiger partial charge in [-0.15, -0.1) is 10.2 Å². The summed E-state index contributed by atoms with van der Waals surface area (Å²) in [5, 5.41) is 0. The van der Waals surface area contributed by atoms with E-state index in [0.29, 0.717) is 0 Å². The molecule has 0 aliphatic rings. The normalized spacial score (nSPS) is 10.8. The number of hydrogen-bond acceptors (Lipinski definition) is 4. The largest absolute Gasteiger partial charge is 0.361 e. The van der Waals surface area contributed by atoms with Crippen molar-refractivity contribution in [3.05, 3.63) is 78.4 Å². The van der Waals surface area contributed by atoms with Crippen LogP contribution in [0.4, 0.5) is 0 Å². The second-order valence-electron chi connectivity index (χ2n) is 5.55. The van der Waals surface area contributed by atoms with Crippen molar-refractivity contribution >= 4 is 0 Å². The summed E-state index contributed by atoms with van der Waals surface area (Å²) in [6.45, 7) is 2.20. The number of aryl methyl sites for hydroxylation is 1. The first-order valence-corrected chi connectivity index (χ1v) is 9.30. The van der Waals surface area contributed by atoms with Gasteiger partial charge in [-0.25, -0.2) is 23.1 Å². The second-order valence-corrected chi connectivity index (χ2v) is 6.31. The third kappa shape index (κ3) is 6.92. The van der Waals surface area contributed by atoms with E-state index in [1.807, 2.05) is 36.4 Å². The molecule has 136 valence electrons. The molecule has 0 aliphatic carbocycles. The van der Waals surface area contributed by atoms with Crippen molar-refractivity contribution in [1.82, 2.24) is 0 Å². The molecule has 26 heavy (non-hydrogen) atoms. The monoisotopic (exact) mass is 374 g/mol. The zero-order chi connectivity index (χ0) is 19.0. The van der Waals surface area contributed by atoms with Gasteiger partial charge in [0.1, 0.15) is 0 Å². The van der Waals surface area contributed by atoms with Gasteiger partial charge in [0.2, 0.25) is 0 Å². The van der Waals surface area contributed by atoms with Gasteiger partial charge in [0.15, 0.2) is 0 Å². The highest BCUT2D eigenvalue weighted by Crippen LogP contribution is 2.28. The molecule has 0 atom stereocenters. The fraction of sp³-hybridized carbons (Fsp3) is 0.150. The highest BCUT2D eigenvalue weighted by molar-refractivity contribution is 5.64. The average molecular weight is 375 g/mol. The maximum atomic E-state index is 8.49. The third-order valence-electron chi connectivity index (χ3n) is 3.51. The Labute approximate surface area is 154 Å². The molecule has 3 rings (SSSR count). The zero-order valence-electron chi connectivity index (χ0n) is 14.3. The van der Waals surface area contributed by atoms with Crippen molar-refractivity contribution in [2.45, 2.75) is 19.8 Å². The summed E-state index contributed by atoms with van der Waals surface area (Å²) < 4.78 is 40.1. The van der Waals surface area contributed by atoms with Crippen LogP contribution in [0.15, 0.2) is 77.2 Å². The van der Waals surface area contributed by atoms with Crippen LogP contribution in [0.2, 0.25) is 0 Å². The first-order chi connectivity index (χ1) is 12.4. The summed E-state index contributed by atoms with van der Waals surface area (Å²) in [6.07, 6.45) is 2.20. The maximum Gasteiger partial charge on any atom is 0.361 e. The van der Waals surface area contributed by atoms with E-state index in [1.54, 1.807) is 0 Å². The van der Waals surface area contributed by atoms with Gasteiger partial charge in [-0.05, 0) is 36.2 Å². The first kappa shape index (κ1) is 20.0. The minimum Gasteiger partial charge on any atom is -0.222 e. The summed E-state index contributed by atoms with van der Waals surface area (Å²) in [7, 11) is -4.94. The molecule has 0 bridgehead atoms. The smallest absolute Gasteiger partial charge is 0.222 e. The van der Waals surface area contributed by atoms with Crippen molar-refractivity contribution in [3.63, 3.8) is 0 Å². The van der Waals surface area contributed by atoms with Crippen LogP contribution in [0.3, 0.4) is 0 Å². The Morgan fingerprint density at radius 3 is 1.46 bits per heavy atom. The SMILES string of the molecule is CCCc1cc(-c2ccccc2)[o+]c(-c2ccccc2)c1.[O-][Cl+3]([O-])([O-])[O-]. The van der Waals surface area contributed by atoms with E-state index < -0.39 is 10.2 Å². The van der Waals surface area contributed by atoms with Crippen LogP contribution in [-0.2, 0) is 6.42 Å². The van der Waals surface area contributed by atoms with Crippen LogP contribution in [-0.4, -0.2) is 0 Å². The molecule has 0 saturated heterocycles. The third-order valence-corrected chi connectivity index (χ3v) is 3.51. The van der Waals surface area contributed by atoms with Crippen LogP contribution in [0.25, 0.3) is 22.6 Å². The van der Waals surface area contributed by atoms with E-state index in [-0.39, 0.29) is 0 Å². The molecule has 0 fully saturated rings. The topological polar surface area (TPSA) is 104 Å². The van der Waals surface area contributed by atoms with Gasteiger partial charge in [-0.3, -0.25) is 0 Å². The molecule has 0 saturated carbocycles. The number of halogens is 1. The zero-order valence-corrected chi connectivity index (χ0v) is 15.0. The van der Waals surface area contributed by atoms with E-state index >= 15 is 0 Å². The highest BCUT2D eigenvalue weighted by atomic mass is 35.7. The first-order valence-electron chi connectivity index (χ1n) is 8.06. The van der Waals surface area contributed by atoms with Gasteiger partial charge >= 0.3 is 11.5 Å². The maximum absolute atomic E-state index is 8.49. The fourth-order valence-corrected chi connectivity index (χ4v) is 2.48. The molecule has 6 heteroatoms. The van der Waals surface area contributed by atoms with E-state index in [9.17, 15) is 0 Å². The van der Waals surface area contributed by atoms with Gasteiger partial charge in [0, 0.05) is 12.1 Å². The molecule has 0 aliphatic heterocycles. The molecule has 0 unspecified atom stereocenters. The molecule has 0 amide bonds. The van der Waals surface area contributed by atoms with Crippen molar-refractivity contribution in [2.75, 3.05) is 0 Å². The second kappa shape index (κ2) is 9.43. The molecule has 0 N–H and O–H groups in total.